The number of aliphatic hydroxyl groups excluding tert-OH is 1. The maximum absolute atomic E-state index is 11.6. The van der Waals surface area contributed by atoms with Crippen molar-refractivity contribution in [2.75, 3.05) is 13.2 Å². The number of rotatable bonds is 7. The van der Waals surface area contributed by atoms with Crippen molar-refractivity contribution in [2.45, 2.75) is 64.3 Å². The first-order valence-corrected chi connectivity index (χ1v) is 8.26. The molecule has 3 N–H and O–H groups in total. The number of aliphatic hydroxyl groups is 2. The van der Waals surface area contributed by atoms with Gasteiger partial charge in [-0.15, -0.1) is 0 Å². The van der Waals surface area contributed by atoms with Gasteiger partial charge in [0, 0.05) is 40.7 Å². The molecule has 0 spiro atoms. The Morgan fingerprint density at radius 1 is 1.00 bits per heavy atom. The van der Waals surface area contributed by atoms with Gasteiger partial charge in [-0.25, -0.2) is 0 Å². The zero-order valence-electron chi connectivity index (χ0n) is 15.6. The van der Waals surface area contributed by atoms with Gasteiger partial charge in [0.1, 0.15) is 18.8 Å². The van der Waals surface area contributed by atoms with Gasteiger partial charge in [0.25, 0.3) is 0 Å². The zero-order valence-corrected chi connectivity index (χ0v) is 15.6. The number of hydrogen-bond acceptors (Lipinski definition) is 10. The minimum atomic E-state index is -2.18. The average Bonchev–Trinajstić information content (AvgIpc) is 2.51. The van der Waals surface area contributed by atoms with E-state index in [1.807, 2.05) is 0 Å². The topological polar surface area (TPSA) is 158 Å². The largest absolute Gasteiger partial charge is 0.463 e. The minimum absolute atomic E-state index is 0.362. The van der Waals surface area contributed by atoms with E-state index < -0.39 is 67.2 Å². The van der Waals surface area contributed by atoms with Crippen molar-refractivity contribution in [3.8, 4) is 0 Å². The Hall–Kier alpha value is -2.24. The highest BCUT2D eigenvalue weighted by Gasteiger charge is 2.57. The molecule has 154 valence electrons. The molecule has 1 heterocycles. The van der Waals surface area contributed by atoms with E-state index in [2.05, 4.69) is 5.32 Å². The fraction of sp³-hybridized carbons (Fsp3) is 0.750. The lowest BCUT2D eigenvalue weighted by Crippen LogP contribution is -2.71. The first kappa shape index (κ1) is 22.8. The third-order valence-corrected chi connectivity index (χ3v) is 3.74. The van der Waals surface area contributed by atoms with Gasteiger partial charge in [-0.1, -0.05) is 0 Å². The number of carbonyl (C=O) groups excluding carboxylic acids is 4. The van der Waals surface area contributed by atoms with Crippen LogP contribution in [0.15, 0.2) is 0 Å². The smallest absolute Gasteiger partial charge is 0.303 e. The normalized spacial score (nSPS) is 30.1. The van der Waals surface area contributed by atoms with Crippen molar-refractivity contribution in [1.29, 1.82) is 0 Å². The summed E-state index contributed by atoms with van der Waals surface area (Å²) in [6.45, 7) is 3.56. The zero-order chi connectivity index (χ0) is 20.8. The van der Waals surface area contributed by atoms with Gasteiger partial charge >= 0.3 is 17.9 Å². The van der Waals surface area contributed by atoms with E-state index in [0.717, 1.165) is 27.7 Å². The molecule has 5 atom stereocenters. The first-order chi connectivity index (χ1) is 12.5. The van der Waals surface area contributed by atoms with E-state index in [4.69, 9.17) is 18.9 Å². The molecule has 1 aliphatic heterocycles. The summed E-state index contributed by atoms with van der Waals surface area (Å²) in [6, 6.07) is -1.36. The summed E-state index contributed by atoms with van der Waals surface area (Å²) in [4.78, 5) is 45.9. The van der Waals surface area contributed by atoms with E-state index in [0.29, 0.717) is 0 Å². The van der Waals surface area contributed by atoms with Crippen LogP contribution in [0.5, 0.6) is 0 Å². The predicted molar refractivity (Wildman–Crippen MR) is 86.9 cm³/mol. The lowest BCUT2D eigenvalue weighted by atomic mass is 9.88. The summed E-state index contributed by atoms with van der Waals surface area (Å²) < 4.78 is 20.8. The monoisotopic (exact) mass is 391 g/mol. The van der Waals surface area contributed by atoms with Crippen LogP contribution in [0.3, 0.4) is 0 Å². The Kier molecular flexibility index (Phi) is 8.13. The van der Waals surface area contributed by atoms with Crippen molar-refractivity contribution >= 4 is 23.8 Å². The van der Waals surface area contributed by atoms with Crippen LogP contribution in [0, 0.1) is 0 Å². The predicted octanol–water partition coefficient (Wildman–Crippen LogP) is -1.61. The van der Waals surface area contributed by atoms with Gasteiger partial charge in [0.15, 0.2) is 18.0 Å². The van der Waals surface area contributed by atoms with E-state index in [-0.39, 0.29) is 6.42 Å². The molecule has 0 radical (unpaired) electrons. The van der Waals surface area contributed by atoms with Gasteiger partial charge in [0.05, 0.1) is 0 Å². The highest BCUT2D eigenvalue weighted by molar-refractivity contribution is 5.74. The Balaban J connectivity index is 3.36. The highest BCUT2D eigenvalue weighted by atomic mass is 16.7. The number of nitrogens with one attached hydrogen (secondary N) is 1. The molecular formula is C16H25NO10. The lowest BCUT2D eigenvalue weighted by Gasteiger charge is -2.49. The molecule has 1 amide bonds. The second-order valence-corrected chi connectivity index (χ2v) is 6.10. The number of hydrogen-bond donors (Lipinski definition) is 3. The van der Waals surface area contributed by atoms with Crippen LogP contribution in [0.4, 0.5) is 0 Å². The van der Waals surface area contributed by atoms with Crippen LogP contribution < -0.4 is 5.32 Å². The second-order valence-electron chi connectivity index (χ2n) is 6.10. The number of amides is 1. The van der Waals surface area contributed by atoms with Crippen LogP contribution in [-0.2, 0) is 38.1 Å². The van der Waals surface area contributed by atoms with E-state index in [1.54, 1.807) is 0 Å². The third kappa shape index (κ3) is 6.45. The average molecular weight is 391 g/mol. The second kappa shape index (κ2) is 9.62. The van der Waals surface area contributed by atoms with Crippen LogP contribution in [0.2, 0.25) is 0 Å². The molecule has 0 unspecified atom stereocenters. The van der Waals surface area contributed by atoms with Crippen LogP contribution >= 0.6 is 0 Å². The lowest BCUT2D eigenvalue weighted by molar-refractivity contribution is -0.325. The minimum Gasteiger partial charge on any atom is -0.463 e. The number of esters is 3. The number of carbonyl (C=O) groups is 4. The van der Waals surface area contributed by atoms with E-state index in [9.17, 15) is 29.4 Å². The fourth-order valence-corrected chi connectivity index (χ4v) is 2.84. The third-order valence-electron chi connectivity index (χ3n) is 3.74. The molecule has 1 rings (SSSR count). The Morgan fingerprint density at radius 2 is 1.56 bits per heavy atom. The van der Waals surface area contributed by atoms with Crippen LogP contribution in [-0.4, -0.2) is 77.4 Å². The molecule has 0 bridgehead atoms. The SMILES string of the molecule is CC(=O)N[C@@H]1[C@@H](OC(C)=O)[C@@H](OC(C)=O)[C@@H](COC(C)=O)O[C@@]1(O)CCO. The van der Waals surface area contributed by atoms with Gasteiger partial charge in [-0.2, -0.15) is 0 Å². The van der Waals surface area contributed by atoms with Gasteiger partial charge in [-0.05, 0) is 0 Å². The van der Waals surface area contributed by atoms with Gasteiger partial charge in [-0.3, -0.25) is 19.2 Å². The summed E-state index contributed by atoms with van der Waals surface area (Å²) in [6.07, 6.45) is -4.23. The quantitative estimate of drug-likeness (QED) is 0.340. The molecule has 0 aromatic carbocycles. The number of ether oxygens (including phenoxy) is 4. The molecule has 11 heteroatoms. The molecule has 1 fully saturated rings. The molecule has 27 heavy (non-hydrogen) atoms. The summed E-state index contributed by atoms with van der Waals surface area (Å²) in [7, 11) is 0. The first-order valence-electron chi connectivity index (χ1n) is 8.26. The Labute approximate surface area is 155 Å². The molecule has 0 aromatic rings. The fourth-order valence-electron chi connectivity index (χ4n) is 2.84. The van der Waals surface area contributed by atoms with E-state index in [1.165, 1.54) is 0 Å². The van der Waals surface area contributed by atoms with Crippen LogP contribution in [0.25, 0.3) is 0 Å². The van der Waals surface area contributed by atoms with Gasteiger partial charge in [0.2, 0.25) is 5.91 Å². The molecule has 0 aromatic heterocycles. The molecule has 0 aliphatic carbocycles. The molecule has 0 saturated carbocycles. The highest BCUT2D eigenvalue weighted by Crippen LogP contribution is 2.34. The summed E-state index contributed by atoms with van der Waals surface area (Å²) >= 11 is 0. The van der Waals surface area contributed by atoms with Crippen molar-refractivity contribution in [1.82, 2.24) is 5.32 Å². The maximum atomic E-state index is 11.6. The van der Waals surface area contributed by atoms with Crippen molar-refractivity contribution in [3.63, 3.8) is 0 Å². The molecular weight excluding hydrogens is 366 g/mol. The Bertz CT molecular complexity index is 580. The van der Waals surface area contributed by atoms with Crippen molar-refractivity contribution < 1.29 is 48.3 Å². The summed E-state index contributed by atoms with van der Waals surface area (Å²) in [5, 5.41) is 22.6. The van der Waals surface area contributed by atoms with Gasteiger partial charge < -0.3 is 34.5 Å². The summed E-state index contributed by atoms with van der Waals surface area (Å²) in [5.74, 6) is -4.94. The summed E-state index contributed by atoms with van der Waals surface area (Å²) in [5.41, 5.74) is 0. The standard InChI is InChI=1S/C16H25NO10/c1-8(19)17-15-14(26-11(4)22)13(25-10(3)21)12(7-24-9(2)20)27-16(15,23)5-6-18/h12-15,18,23H,5-7H2,1-4H3,(H,17,19)/t12-,13+,14+,15-,16+/m1/s1. The molecule has 11 nitrogen and oxygen atoms in total. The maximum Gasteiger partial charge on any atom is 0.303 e. The molecule has 1 saturated heterocycles. The van der Waals surface area contributed by atoms with Crippen molar-refractivity contribution in [2.24, 2.45) is 0 Å². The van der Waals surface area contributed by atoms with Crippen LogP contribution in [0.1, 0.15) is 34.1 Å². The van der Waals surface area contributed by atoms with Crippen molar-refractivity contribution in [3.05, 3.63) is 0 Å². The van der Waals surface area contributed by atoms with E-state index >= 15 is 0 Å². The molecule has 1 aliphatic rings. The Morgan fingerprint density at radius 3 is 2.00 bits per heavy atom.